The summed E-state index contributed by atoms with van der Waals surface area (Å²) in [5.41, 5.74) is 2.55. The topological polar surface area (TPSA) is 111 Å². The Bertz CT molecular complexity index is 1420. The molecule has 0 saturated heterocycles. The lowest BCUT2D eigenvalue weighted by molar-refractivity contribution is -0.127. The summed E-state index contributed by atoms with van der Waals surface area (Å²) in [4.78, 5) is 33.4. The fourth-order valence-corrected chi connectivity index (χ4v) is 4.40. The molecule has 1 aliphatic rings. The van der Waals surface area contributed by atoms with Gasteiger partial charge in [0, 0.05) is 30.7 Å². The van der Waals surface area contributed by atoms with Gasteiger partial charge in [-0.1, -0.05) is 31.2 Å². The Morgan fingerprint density at radius 3 is 2.58 bits per heavy atom. The van der Waals surface area contributed by atoms with E-state index in [1.54, 1.807) is 47.4 Å². The fourth-order valence-electron chi connectivity index (χ4n) is 4.40. The summed E-state index contributed by atoms with van der Waals surface area (Å²) in [6.07, 6.45) is 4.04. The third kappa shape index (κ3) is 5.44. The van der Waals surface area contributed by atoms with Crippen LogP contribution in [0.25, 0.3) is 11.0 Å². The first-order valence-corrected chi connectivity index (χ1v) is 12.7. The van der Waals surface area contributed by atoms with Crippen molar-refractivity contribution in [3.05, 3.63) is 72.6 Å². The van der Waals surface area contributed by atoms with Crippen molar-refractivity contribution in [2.75, 3.05) is 24.7 Å². The Kier molecular flexibility index (Phi) is 7.48. The Labute approximate surface area is 220 Å². The number of benzene rings is 2. The molecule has 196 valence electrons. The number of pyridine rings is 1. The van der Waals surface area contributed by atoms with Gasteiger partial charge in [-0.05, 0) is 54.3 Å². The zero-order valence-electron chi connectivity index (χ0n) is 21.4. The molecular formula is C28H30N6O4. The average molecular weight is 515 g/mol. The van der Waals surface area contributed by atoms with Crippen LogP contribution in [-0.4, -0.2) is 51.6 Å². The molecule has 10 nitrogen and oxygen atoms in total. The molecule has 38 heavy (non-hydrogen) atoms. The molecule has 0 bridgehead atoms. The molecule has 1 aliphatic heterocycles. The fraction of sp³-hybridized carbons (Fsp3) is 0.321. The number of carbonyl (C=O) groups is 2. The molecule has 0 spiro atoms. The van der Waals surface area contributed by atoms with Gasteiger partial charge in [-0.2, -0.15) is 0 Å². The summed E-state index contributed by atoms with van der Waals surface area (Å²) < 4.78 is 13.0. The van der Waals surface area contributed by atoms with Crippen LogP contribution < -0.4 is 19.7 Å². The van der Waals surface area contributed by atoms with Crippen molar-refractivity contribution in [1.82, 2.24) is 25.3 Å². The summed E-state index contributed by atoms with van der Waals surface area (Å²) in [7, 11) is 0. The highest BCUT2D eigenvalue weighted by Crippen LogP contribution is 2.37. The molecule has 0 saturated carbocycles. The lowest BCUT2D eigenvalue weighted by Gasteiger charge is -2.32. The van der Waals surface area contributed by atoms with E-state index in [0.29, 0.717) is 53.9 Å². The minimum absolute atomic E-state index is 0.115. The van der Waals surface area contributed by atoms with Crippen molar-refractivity contribution in [3.8, 4) is 11.5 Å². The molecule has 1 N–H and O–H groups in total. The zero-order chi connectivity index (χ0) is 26.5. The van der Waals surface area contributed by atoms with E-state index in [0.717, 1.165) is 11.9 Å². The van der Waals surface area contributed by atoms with Crippen LogP contribution in [0.2, 0.25) is 0 Å². The van der Waals surface area contributed by atoms with Crippen molar-refractivity contribution in [3.63, 3.8) is 0 Å². The molecular weight excluding hydrogens is 484 g/mol. The molecule has 0 aliphatic carbocycles. The highest BCUT2D eigenvalue weighted by Gasteiger charge is 2.34. The molecule has 10 heteroatoms. The summed E-state index contributed by atoms with van der Waals surface area (Å²) in [6.45, 7) is 5.43. The minimum atomic E-state index is -0.949. The Balaban J connectivity index is 1.56. The van der Waals surface area contributed by atoms with E-state index in [4.69, 9.17) is 9.47 Å². The Morgan fingerprint density at radius 2 is 1.79 bits per heavy atom. The third-order valence-corrected chi connectivity index (χ3v) is 6.33. The number of rotatable bonds is 9. The van der Waals surface area contributed by atoms with Crippen molar-refractivity contribution < 1.29 is 19.1 Å². The predicted molar refractivity (Wildman–Crippen MR) is 142 cm³/mol. The van der Waals surface area contributed by atoms with Gasteiger partial charge in [0.2, 0.25) is 11.8 Å². The van der Waals surface area contributed by atoms with Gasteiger partial charge in [-0.3, -0.25) is 19.5 Å². The van der Waals surface area contributed by atoms with Crippen molar-refractivity contribution >= 4 is 28.5 Å². The molecule has 2 aromatic carbocycles. The number of ether oxygens (including phenoxy) is 2. The van der Waals surface area contributed by atoms with Crippen molar-refractivity contribution in [2.45, 2.75) is 32.9 Å². The lowest BCUT2D eigenvalue weighted by atomic mass is 10.0. The summed E-state index contributed by atoms with van der Waals surface area (Å²) in [5, 5.41) is 11.4. The number of para-hydroxylation sites is 1. The summed E-state index contributed by atoms with van der Waals surface area (Å²) in [5.74, 6) is 0.912. The smallest absolute Gasteiger partial charge is 0.249 e. The van der Waals surface area contributed by atoms with Crippen LogP contribution in [0.3, 0.4) is 0 Å². The van der Waals surface area contributed by atoms with E-state index in [9.17, 15) is 9.59 Å². The van der Waals surface area contributed by atoms with Gasteiger partial charge >= 0.3 is 0 Å². The van der Waals surface area contributed by atoms with E-state index < -0.39 is 6.04 Å². The number of amides is 2. The second kappa shape index (κ2) is 11.3. The number of fused-ring (bicyclic) bond motifs is 2. The van der Waals surface area contributed by atoms with Gasteiger partial charge in [-0.15, -0.1) is 5.10 Å². The second-order valence-corrected chi connectivity index (χ2v) is 9.48. The molecule has 0 fully saturated rings. The van der Waals surface area contributed by atoms with Gasteiger partial charge < -0.3 is 14.8 Å². The van der Waals surface area contributed by atoms with Gasteiger partial charge in [0.15, 0.2) is 11.5 Å². The van der Waals surface area contributed by atoms with Crippen molar-refractivity contribution in [2.24, 2.45) is 5.92 Å². The monoisotopic (exact) mass is 514 g/mol. The first-order chi connectivity index (χ1) is 18.5. The molecule has 2 amide bonds. The van der Waals surface area contributed by atoms with Crippen LogP contribution in [-0.2, 0) is 16.1 Å². The number of aromatic nitrogens is 4. The average Bonchev–Trinajstić information content (AvgIpc) is 3.34. The SMILES string of the molecule is CC(C)CCNC(=O)C(c1ccncc1)N(C(=O)Cn1nnc2ccccc21)c1ccc2c(c1)OCCO2. The number of nitrogens with one attached hydrogen (secondary N) is 1. The molecule has 0 radical (unpaired) electrons. The maximum Gasteiger partial charge on any atom is 0.249 e. The number of hydrogen-bond acceptors (Lipinski definition) is 7. The first-order valence-electron chi connectivity index (χ1n) is 12.7. The van der Waals surface area contributed by atoms with E-state index in [1.165, 1.54) is 4.90 Å². The third-order valence-electron chi connectivity index (χ3n) is 6.33. The van der Waals surface area contributed by atoms with E-state index in [-0.39, 0.29) is 18.4 Å². The Hall–Kier alpha value is -4.47. The highest BCUT2D eigenvalue weighted by atomic mass is 16.6. The lowest BCUT2D eigenvalue weighted by Crippen LogP contribution is -2.45. The van der Waals surface area contributed by atoms with Gasteiger partial charge in [0.05, 0.1) is 5.52 Å². The van der Waals surface area contributed by atoms with Gasteiger partial charge in [0.25, 0.3) is 0 Å². The highest BCUT2D eigenvalue weighted by molar-refractivity contribution is 6.01. The van der Waals surface area contributed by atoms with Crippen LogP contribution in [0.4, 0.5) is 5.69 Å². The molecule has 1 atom stereocenters. The molecule has 4 aromatic rings. The quantitative estimate of drug-likeness (QED) is 0.364. The number of carbonyl (C=O) groups excluding carboxylic acids is 2. The van der Waals surface area contributed by atoms with E-state index >= 15 is 0 Å². The maximum absolute atomic E-state index is 14.1. The van der Waals surface area contributed by atoms with Crippen LogP contribution in [0.5, 0.6) is 11.5 Å². The Morgan fingerprint density at radius 1 is 1.03 bits per heavy atom. The number of hydrogen-bond donors (Lipinski definition) is 1. The molecule has 1 unspecified atom stereocenters. The van der Waals surface area contributed by atoms with Gasteiger partial charge in [0.1, 0.15) is 31.3 Å². The van der Waals surface area contributed by atoms with E-state index in [2.05, 4.69) is 34.5 Å². The predicted octanol–water partition coefficient (Wildman–Crippen LogP) is 3.53. The number of anilines is 1. The van der Waals surface area contributed by atoms with Crippen molar-refractivity contribution in [1.29, 1.82) is 0 Å². The van der Waals surface area contributed by atoms with Crippen LogP contribution in [0.1, 0.15) is 31.9 Å². The minimum Gasteiger partial charge on any atom is -0.486 e. The first kappa shape index (κ1) is 25.2. The maximum atomic E-state index is 14.1. The van der Waals surface area contributed by atoms with E-state index in [1.807, 2.05) is 24.3 Å². The summed E-state index contributed by atoms with van der Waals surface area (Å²) in [6, 6.07) is 15.2. The van der Waals surface area contributed by atoms with Crippen LogP contribution >= 0.6 is 0 Å². The molecule has 5 rings (SSSR count). The summed E-state index contributed by atoms with van der Waals surface area (Å²) >= 11 is 0. The van der Waals surface area contributed by atoms with Gasteiger partial charge in [-0.25, -0.2) is 4.68 Å². The standard InChI is InChI=1S/C28H30N6O4/c1-19(2)9-14-30-28(36)27(20-10-12-29-13-11-20)34(21-7-8-24-25(17-21)38-16-15-37-24)26(35)18-33-23-6-4-3-5-22(23)31-32-33/h3-8,10-13,17,19,27H,9,14-16,18H2,1-2H3,(H,30,36). The van der Waals surface area contributed by atoms with Crippen LogP contribution in [0.15, 0.2) is 67.0 Å². The largest absolute Gasteiger partial charge is 0.486 e. The second-order valence-electron chi connectivity index (χ2n) is 9.48. The normalized spacial score (nSPS) is 13.3. The molecule has 3 heterocycles. The van der Waals surface area contributed by atoms with Crippen LogP contribution in [0, 0.1) is 5.92 Å². The number of nitrogens with zero attached hydrogens (tertiary/aromatic N) is 5. The zero-order valence-corrected chi connectivity index (χ0v) is 21.4. The molecule has 2 aromatic heterocycles.